The molecule has 0 saturated carbocycles. The molecule has 0 N–H and O–H groups in total. The minimum atomic E-state index is -5.00. The molecular formula is C29H22F3NO4. The second-order valence-electron chi connectivity index (χ2n) is 8.21. The van der Waals surface area contributed by atoms with Crippen LogP contribution in [0.25, 0.3) is 11.1 Å². The van der Waals surface area contributed by atoms with Gasteiger partial charge in [-0.15, -0.1) is 13.2 Å². The zero-order valence-corrected chi connectivity index (χ0v) is 19.8. The normalized spacial score (nSPS) is 11.1. The average Bonchev–Trinajstić information content (AvgIpc) is 2.89. The van der Waals surface area contributed by atoms with Gasteiger partial charge in [0.2, 0.25) is 0 Å². The van der Waals surface area contributed by atoms with E-state index in [4.69, 9.17) is 4.74 Å². The molecule has 1 aromatic heterocycles. The summed E-state index contributed by atoms with van der Waals surface area (Å²) in [5.74, 6) is -1.36. The molecule has 37 heavy (non-hydrogen) atoms. The molecule has 3 aromatic carbocycles. The Labute approximate surface area is 211 Å². The van der Waals surface area contributed by atoms with Gasteiger partial charge in [-0.1, -0.05) is 54.6 Å². The van der Waals surface area contributed by atoms with Crippen LogP contribution in [0.2, 0.25) is 0 Å². The zero-order chi connectivity index (χ0) is 26.4. The van der Waals surface area contributed by atoms with Gasteiger partial charge >= 0.3 is 6.36 Å². The minimum Gasteiger partial charge on any atom is -0.495 e. The summed E-state index contributed by atoms with van der Waals surface area (Å²) in [6, 6.07) is 22.1. The molecule has 0 spiro atoms. The van der Waals surface area contributed by atoms with Crippen LogP contribution in [0.15, 0.2) is 91.3 Å². The van der Waals surface area contributed by atoms with E-state index >= 15 is 0 Å². The van der Waals surface area contributed by atoms with Crippen molar-refractivity contribution in [3.8, 4) is 22.6 Å². The standard InChI is InChI=1S/C29H22F3NO4/c1-36-28-18-33-14-13-23(28)17-26(35)24-16-22(11-12-27(24)37-29(30,31)32)25(34)15-19-7-9-21(10-8-19)20-5-3-2-4-6-20/h2-14,16,18H,15,17H2,1H3. The Morgan fingerprint density at radius 2 is 1.51 bits per heavy atom. The number of carbonyl (C=O) groups excluding carboxylic acids is 2. The van der Waals surface area contributed by atoms with Gasteiger partial charge < -0.3 is 9.47 Å². The molecule has 0 aliphatic rings. The lowest BCUT2D eigenvalue weighted by Crippen LogP contribution is -2.20. The van der Waals surface area contributed by atoms with E-state index in [1.54, 1.807) is 0 Å². The van der Waals surface area contributed by atoms with Crippen molar-refractivity contribution in [1.82, 2.24) is 4.98 Å². The number of hydrogen-bond donors (Lipinski definition) is 0. The number of pyridine rings is 1. The third-order valence-corrected chi connectivity index (χ3v) is 5.69. The molecule has 0 bridgehead atoms. The molecule has 4 aromatic rings. The molecule has 0 aliphatic heterocycles. The number of aromatic nitrogens is 1. The number of benzene rings is 3. The lowest BCUT2D eigenvalue weighted by Gasteiger charge is -2.14. The first-order valence-corrected chi connectivity index (χ1v) is 11.3. The number of hydrogen-bond acceptors (Lipinski definition) is 5. The first-order valence-electron chi connectivity index (χ1n) is 11.3. The molecule has 1 heterocycles. The molecule has 0 aliphatic carbocycles. The molecule has 0 saturated heterocycles. The van der Waals surface area contributed by atoms with Crippen LogP contribution in [0.3, 0.4) is 0 Å². The highest BCUT2D eigenvalue weighted by Gasteiger charge is 2.33. The van der Waals surface area contributed by atoms with Crippen molar-refractivity contribution in [2.45, 2.75) is 19.2 Å². The molecule has 8 heteroatoms. The van der Waals surface area contributed by atoms with Crippen molar-refractivity contribution in [1.29, 1.82) is 0 Å². The Balaban J connectivity index is 1.58. The number of ether oxygens (including phenoxy) is 2. The third-order valence-electron chi connectivity index (χ3n) is 5.69. The van der Waals surface area contributed by atoms with E-state index in [0.717, 1.165) is 28.8 Å². The number of halogens is 3. The number of carbonyl (C=O) groups is 2. The maximum atomic E-state index is 13.1. The van der Waals surface area contributed by atoms with Gasteiger partial charge in [-0.3, -0.25) is 14.6 Å². The molecule has 5 nitrogen and oxygen atoms in total. The Hall–Kier alpha value is -4.46. The SMILES string of the molecule is COc1cnccc1CC(=O)c1cc(C(=O)Cc2ccc(-c3ccccc3)cc2)ccc1OC(F)(F)F. The summed E-state index contributed by atoms with van der Waals surface area (Å²) >= 11 is 0. The van der Waals surface area contributed by atoms with Gasteiger partial charge in [0, 0.05) is 30.2 Å². The smallest absolute Gasteiger partial charge is 0.495 e. The number of alkyl halides is 3. The summed E-state index contributed by atoms with van der Waals surface area (Å²) in [7, 11) is 1.40. The van der Waals surface area contributed by atoms with Gasteiger partial charge in [-0.05, 0) is 41.0 Å². The number of Topliss-reactive ketones (excluding diaryl/α,β-unsaturated/α-hetero) is 2. The van der Waals surface area contributed by atoms with Gasteiger partial charge in [0.05, 0.1) is 18.9 Å². The second-order valence-corrected chi connectivity index (χ2v) is 8.21. The first-order chi connectivity index (χ1) is 17.7. The van der Waals surface area contributed by atoms with E-state index in [-0.39, 0.29) is 29.8 Å². The summed E-state index contributed by atoms with van der Waals surface area (Å²) < 4.78 is 48.3. The molecule has 188 valence electrons. The Bertz CT molecular complexity index is 1400. The average molecular weight is 505 g/mol. The monoisotopic (exact) mass is 505 g/mol. The Kier molecular flexibility index (Phi) is 7.67. The second kappa shape index (κ2) is 11.1. The van der Waals surface area contributed by atoms with Gasteiger partial charge in [0.1, 0.15) is 11.5 Å². The number of nitrogens with zero attached hydrogens (tertiary/aromatic N) is 1. The summed E-state index contributed by atoms with van der Waals surface area (Å²) in [6.45, 7) is 0. The Morgan fingerprint density at radius 1 is 0.811 bits per heavy atom. The largest absolute Gasteiger partial charge is 0.573 e. The van der Waals surface area contributed by atoms with Crippen LogP contribution in [0, 0.1) is 0 Å². The van der Waals surface area contributed by atoms with Crippen LogP contribution in [-0.2, 0) is 12.8 Å². The van der Waals surface area contributed by atoms with Crippen molar-refractivity contribution < 1.29 is 32.2 Å². The highest BCUT2D eigenvalue weighted by Crippen LogP contribution is 2.30. The maximum absolute atomic E-state index is 13.1. The lowest BCUT2D eigenvalue weighted by atomic mass is 9.96. The van der Waals surface area contributed by atoms with E-state index in [1.165, 1.54) is 31.6 Å². The van der Waals surface area contributed by atoms with Crippen LogP contribution < -0.4 is 9.47 Å². The van der Waals surface area contributed by atoms with Crippen molar-refractivity contribution >= 4 is 11.6 Å². The van der Waals surface area contributed by atoms with Crippen LogP contribution >= 0.6 is 0 Å². The van der Waals surface area contributed by atoms with Gasteiger partial charge in [-0.2, -0.15) is 0 Å². The summed E-state index contributed by atoms with van der Waals surface area (Å²) in [5, 5.41) is 0. The van der Waals surface area contributed by atoms with Crippen LogP contribution in [0.1, 0.15) is 31.8 Å². The predicted molar refractivity (Wildman–Crippen MR) is 132 cm³/mol. The summed E-state index contributed by atoms with van der Waals surface area (Å²) in [6.07, 6.45) is -2.41. The van der Waals surface area contributed by atoms with Crippen molar-refractivity contribution in [2.24, 2.45) is 0 Å². The van der Waals surface area contributed by atoms with E-state index in [2.05, 4.69) is 9.72 Å². The predicted octanol–water partition coefficient (Wildman–Crippen LogP) is 6.51. The maximum Gasteiger partial charge on any atom is 0.573 e. The van der Waals surface area contributed by atoms with Gasteiger partial charge in [0.15, 0.2) is 11.6 Å². The topological polar surface area (TPSA) is 65.5 Å². The van der Waals surface area contributed by atoms with Gasteiger partial charge in [0.25, 0.3) is 0 Å². The molecular weight excluding hydrogens is 483 g/mol. The molecule has 0 atom stereocenters. The number of methoxy groups -OCH3 is 1. The first kappa shape index (κ1) is 25.6. The zero-order valence-electron chi connectivity index (χ0n) is 19.8. The highest BCUT2D eigenvalue weighted by atomic mass is 19.4. The molecule has 0 amide bonds. The van der Waals surface area contributed by atoms with Crippen LogP contribution in [-0.4, -0.2) is 30.0 Å². The molecule has 0 fully saturated rings. The van der Waals surface area contributed by atoms with E-state index in [1.807, 2.05) is 54.6 Å². The summed E-state index contributed by atoms with van der Waals surface area (Å²) in [5.41, 5.74) is 2.96. The number of rotatable bonds is 9. The third kappa shape index (κ3) is 6.61. The van der Waals surface area contributed by atoms with E-state index in [0.29, 0.717) is 11.3 Å². The Morgan fingerprint density at radius 3 is 2.19 bits per heavy atom. The van der Waals surface area contributed by atoms with Crippen molar-refractivity contribution in [3.05, 3.63) is 114 Å². The minimum absolute atomic E-state index is 0.0142. The molecule has 0 radical (unpaired) electrons. The fraction of sp³-hybridized carbons (Fsp3) is 0.138. The van der Waals surface area contributed by atoms with E-state index in [9.17, 15) is 22.8 Å². The quantitative estimate of drug-likeness (QED) is 0.243. The van der Waals surface area contributed by atoms with Crippen LogP contribution in [0.4, 0.5) is 13.2 Å². The van der Waals surface area contributed by atoms with Crippen molar-refractivity contribution in [2.75, 3.05) is 7.11 Å². The van der Waals surface area contributed by atoms with Crippen molar-refractivity contribution in [3.63, 3.8) is 0 Å². The van der Waals surface area contributed by atoms with E-state index < -0.39 is 17.9 Å². The number of ketones is 2. The fourth-order valence-corrected chi connectivity index (χ4v) is 3.87. The highest BCUT2D eigenvalue weighted by molar-refractivity contribution is 6.04. The molecule has 4 rings (SSSR count). The molecule has 0 unspecified atom stereocenters. The lowest BCUT2D eigenvalue weighted by molar-refractivity contribution is -0.274. The van der Waals surface area contributed by atoms with Crippen LogP contribution in [0.5, 0.6) is 11.5 Å². The summed E-state index contributed by atoms with van der Waals surface area (Å²) in [4.78, 5) is 30.0. The van der Waals surface area contributed by atoms with Gasteiger partial charge in [-0.25, -0.2) is 0 Å². The fourth-order valence-electron chi connectivity index (χ4n) is 3.87.